The summed E-state index contributed by atoms with van der Waals surface area (Å²) in [4.78, 5) is 23.4. The Hall–Kier alpha value is -2.41. The van der Waals surface area contributed by atoms with Crippen LogP contribution in [0.3, 0.4) is 0 Å². The van der Waals surface area contributed by atoms with Gasteiger partial charge in [-0.25, -0.2) is 18.7 Å². The molecule has 1 fully saturated rings. The maximum atomic E-state index is 14.0. The van der Waals surface area contributed by atoms with Crippen molar-refractivity contribution in [1.82, 2.24) is 15.3 Å². The molecule has 140 valence electrons. The Morgan fingerprint density at radius 2 is 2.00 bits per heavy atom. The predicted octanol–water partition coefficient (Wildman–Crippen LogP) is 4.95. The van der Waals surface area contributed by atoms with E-state index in [0.717, 1.165) is 46.2 Å². The van der Waals surface area contributed by atoms with Gasteiger partial charge in [0.15, 0.2) is 0 Å². The van der Waals surface area contributed by atoms with Gasteiger partial charge in [-0.15, -0.1) is 11.3 Å². The van der Waals surface area contributed by atoms with Crippen molar-refractivity contribution in [2.75, 3.05) is 0 Å². The number of carbonyl (C=O) groups is 1. The van der Waals surface area contributed by atoms with E-state index >= 15 is 0 Å². The van der Waals surface area contributed by atoms with Gasteiger partial charge in [0.1, 0.15) is 22.3 Å². The van der Waals surface area contributed by atoms with E-state index in [0.29, 0.717) is 10.8 Å². The van der Waals surface area contributed by atoms with Gasteiger partial charge in [-0.05, 0) is 45.2 Å². The maximum Gasteiger partial charge on any atom is 0.262 e. The molecule has 2 heterocycles. The topological polar surface area (TPSA) is 54.9 Å². The molecule has 7 heteroatoms. The van der Waals surface area contributed by atoms with Crippen molar-refractivity contribution >= 4 is 27.5 Å². The van der Waals surface area contributed by atoms with Gasteiger partial charge in [0.2, 0.25) is 0 Å². The Bertz CT molecular complexity index is 1060. The second-order valence-electron chi connectivity index (χ2n) is 7.04. The summed E-state index contributed by atoms with van der Waals surface area (Å²) in [6.07, 6.45) is 2.23. The number of nitrogens with one attached hydrogen (secondary N) is 1. The molecule has 0 spiro atoms. The smallest absolute Gasteiger partial charge is 0.262 e. The number of aryl methyl sites for hydroxylation is 2. The summed E-state index contributed by atoms with van der Waals surface area (Å²) in [5, 5.41) is 3.72. The maximum absolute atomic E-state index is 14.0. The standard InChI is InChI=1S/C20H19F2N3OS/c1-9-16-11(3)23-18(12-4-5-12)25-20(16)27-17(9)19(26)24-10(2)14-7-6-13(21)8-15(14)22/h6-8,10,12H,4-5H2,1-3H3,(H,24,26). The van der Waals surface area contributed by atoms with Crippen molar-refractivity contribution in [2.24, 2.45) is 0 Å². The highest BCUT2D eigenvalue weighted by molar-refractivity contribution is 7.20. The van der Waals surface area contributed by atoms with Crippen LogP contribution in [-0.4, -0.2) is 15.9 Å². The fourth-order valence-corrected chi connectivity index (χ4v) is 4.44. The van der Waals surface area contributed by atoms with Crippen LogP contribution in [0.1, 0.15) is 64.0 Å². The number of hydrogen-bond acceptors (Lipinski definition) is 4. The third-order valence-corrected chi connectivity index (χ3v) is 6.10. The first-order valence-electron chi connectivity index (χ1n) is 8.88. The molecule has 4 rings (SSSR count). The van der Waals surface area contributed by atoms with Crippen molar-refractivity contribution in [3.8, 4) is 0 Å². The lowest BCUT2D eigenvalue weighted by atomic mass is 10.1. The summed E-state index contributed by atoms with van der Waals surface area (Å²) < 4.78 is 27.1. The molecule has 1 saturated carbocycles. The first-order chi connectivity index (χ1) is 12.8. The minimum Gasteiger partial charge on any atom is -0.345 e. The molecule has 1 aliphatic carbocycles. The number of rotatable bonds is 4. The lowest BCUT2D eigenvalue weighted by Crippen LogP contribution is -2.27. The van der Waals surface area contributed by atoms with E-state index in [1.807, 2.05) is 13.8 Å². The van der Waals surface area contributed by atoms with Crippen molar-refractivity contribution in [3.05, 3.63) is 57.4 Å². The summed E-state index contributed by atoms with van der Waals surface area (Å²) in [6, 6.07) is 2.77. The number of nitrogens with zero attached hydrogens (tertiary/aromatic N) is 2. The third kappa shape index (κ3) is 3.32. The zero-order chi connectivity index (χ0) is 19.3. The van der Waals surface area contributed by atoms with Gasteiger partial charge in [0.05, 0.1) is 16.6 Å². The number of benzene rings is 1. The van der Waals surface area contributed by atoms with Crippen LogP contribution in [0.15, 0.2) is 18.2 Å². The average molecular weight is 387 g/mol. The molecule has 1 N–H and O–H groups in total. The average Bonchev–Trinajstić information content (AvgIpc) is 3.38. The Labute approximate surface area is 159 Å². The largest absolute Gasteiger partial charge is 0.345 e. The van der Waals surface area contributed by atoms with Crippen molar-refractivity contribution in [3.63, 3.8) is 0 Å². The quantitative estimate of drug-likeness (QED) is 0.689. The molecule has 0 aliphatic heterocycles. The third-order valence-electron chi connectivity index (χ3n) is 4.91. The van der Waals surface area contributed by atoms with E-state index < -0.39 is 17.7 Å². The molecule has 27 heavy (non-hydrogen) atoms. The van der Waals surface area contributed by atoms with E-state index in [1.165, 1.54) is 23.5 Å². The van der Waals surface area contributed by atoms with E-state index in [9.17, 15) is 13.6 Å². The van der Waals surface area contributed by atoms with Crippen molar-refractivity contribution in [2.45, 2.75) is 45.6 Å². The first kappa shape index (κ1) is 18.0. The summed E-state index contributed by atoms with van der Waals surface area (Å²) in [6.45, 7) is 5.49. The zero-order valence-electron chi connectivity index (χ0n) is 15.3. The molecule has 1 unspecified atom stereocenters. The predicted molar refractivity (Wildman–Crippen MR) is 101 cm³/mol. The van der Waals surface area contributed by atoms with Gasteiger partial charge in [-0.2, -0.15) is 0 Å². The molecule has 2 aromatic heterocycles. The molecule has 1 amide bonds. The van der Waals surface area contributed by atoms with E-state index in [1.54, 1.807) is 6.92 Å². The zero-order valence-corrected chi connectivity index (χ0v) is 16.1. The number of fused-ring (bicyclic) bond motifs is 1. The number of carbonyl (C=O) groups excluding carboxylic acids is 1. The van der Waals surface area contributed by atoms with Gasteiger partial charge in [-0.3, -0.25) is 4.79 Å². The first-order valence-corrected chi connectivity index (χ1v) is 9.70. The summed E-state index contributed by atoms with van der Waals surface area (Å²) in [7, 11) is 0. The van der Waals surface area contributed by atoms with Gasteiger partial charge < -0.3 is 5.32 Å². The molecule has 1 aliphatic rings. The van der Waals surface area contributed by atoms with E-state index in [-0.39, 0.29) is 11.5 Å². The van der Waals surface area contributed by atoms with Crippen molar-refractivity contribution < 1.29 is 13.6 Å². The monoisotopic (exact) mass is 387 g/mol. The van der Waals surface area contributed by atoms with Crippen LogP contribution in [0.25, 0.3) is 10.2 Å². The van der Waals surface area contributed by atoms with Gasteiger partial charge in [0.25, 0.3) is 5.91 Å². The molecular weight excluding hydrogens is 368 g/mol. The van der Waals surface area contributed by atoms with Crippen LogP contribution < -0.4 is 5.32 Å². The molecule has 3 aromatic rings. The van der Waals surface area contributed by atoms with Crippen molar-refractivity contribution in [1.29, 1.82) is 0 Å². The Kier molecular flexibility index (Phi) is 4.42. The normalized spacial score (nSPS) is 15.1. The SMILES string of the molecule is Cc1nc(C2CC2)nc2sc(C(=O)NC(C)c3ccc(F)cc3F)c(C)c12. The summed E-state index contributed by atoms with van der Waals surface area (Å²) in [5.41, 5.74) is 1.96. The van der Waals surface area contributed by atoms with Crippen LogP contribution >= 0.6 is 11.3 Å². The fourth-order valence-electron chi connectivity index (χ4n) is 3.29. The van der Waals surface area contributed by atoms with Crippen LogP contribution in [0.5, 0.6) is 0 Å². The molecule has 1 atom stereocenters. The fraction of sp³-hybridized carbons (Fsp3) is 0.350. The molecule has 1 aromatic carbocycles. The Morgan fingerprint density at radius 3 is 2.67 bits per heavy atom. The Balaban J connectivity index is 1.64. The van der Waals surface area contributed by atoms with E-state index in [2.05, 4.69) is 15.3 Å². The number of halogens is 2. The van der Waals surface area contributed by atoms with Gasteiger partial charge in [-0.1, -0.05) is 6.07 Å². The number of aromatic nitrogens is 2. The highest BCUT2D eigenvalue weighted by atomic mass is 32.1. The van der Waals surface area contributed by atoms with Crippen LogP contribution in [0.4, 0.5) is 8.78 Å². The molecule has 0 saturated heterocycles. The summed E-state index contributed by atoms with van der Waals surface area (Å²) >= 11 is 1.33. The lowest BCUT2D eigenvalue weighted by molar-refractivity contribution is 0.0943. The second-order valence-corrected chi connectivity index (χ2v) is 8.04. The van der Waals surface area contributed by atoms with Gasteiger partial charge in [0, 0.05) is 22.9 Å². The second kappa shape index (κ2) is 6.64. The minimum absolute atomic E-state index is 0.246. The molecule has 0 bridgehead atoms. The lowest BCUT2D eigenvalue weighted by Gasteiger charge is -2.15. The number of hydrogen-bond donors (Lipinski definition) is 1. The highest BCUT2D eigenvalue weighted by Crippen LogP contribution is 2.40. The van der Waals surface area contributed by atoms with Crippen LogP contribution in [-0.2, 0) is 0 Å². The van der Waals surface area contributed by atoms with Crippen LogP contribution in [0.2, 0.25) is 0 Å². The number of amides is 1. The highest BCUT2D eigenvalue weighted by Gasteiger charge is 2.28. The molecule has 4 nitrogen and oxygen atoms in total. The molecule has 0 radical (unpaired) electrons. The Morgan fingerprint density at radius 1 is 1.26 bits per heavy atom. The molecular formula is C20H19F2N3OS. The minimum atomic E-state index is -0.674. The van der Waals surface area contributed by atoms with Crippen LogP contribution in [0, 0.1) is 25.5 Å². The van der Waals surface area contributed by atoms with E-state index in [4.69, 9.17) is 0 Å². The van der Waals surface area contributed by atoms with Gasteiger partial charge >= 0.3 is 0 Å². The number of thiophene rings is 1. The summed E-state index contributed by atoms with van der Waals surface area (Å²) in [5.74, 6) is -0.314.